The predicted molar refractivity (Wildman–Crippen MR) is 106 cm³/mol. The normalized spacial score (nSPS) is 25.6. The van der Waals surface area contributed by atoms with Crippen LogP contribution < -0.4 is 16.0 Å². The molecular weight excluding hydrogens is 362 g/mol. The van der Waals surface area contributed by atoms with Gasteiger partial charge in [-0.2, -0.15) is 0 Å². The molecule has 2 heterocycles. The molecule has 160 valence electrons. The Morgan fingerprint density at radius 1 is 1.14 bits per heavy atom. The summed E-state index contributed by atoms with van der Waals surface area (Å²) in [5.41, 5.74) is 0. The van der Waals surface area contributed by atoms with Crippen LogP contribution in [0.1, 0.15) is 34.1 Å². The monoisotopic (exact) mass is 397 g/mol. The van der Waals surface area contributed by atoms with Crippen molar-refractivity contribution in [1.29, 1.82) is 0 Å². The summed E-state index contributed by atoms with van der Waals surface area (Å²) in [6, 6.07) is -0.832. The minimum absolute atomic E-state index is 0.0277. The molecule has 2 fully saturated rings. The van der Waals surface area contributed by atoms with Crippen LogP contribution in [0.25, 0.3) is 0 Å². The number of nitrogens with one attached hydrogen (secondary N) is 3. The second-order valence-corrected chi connectivity index (χ2v) is 8.52. The van der Waals surface area contributed by atoms with E-state index in [1.807, 2.05) is 18.7 Å². The number of amides is 4. The van der Waals surface area contributed by atoms with Gasteiger partial charge in [-0.15, -0.1) is 0 Å². The maximum absolute atomic E-state index is 13.1. The summed E-state index contributed by atoms with van der Waals surface area (Å²) in [6.45, 7) is 10.6. The van der Waals surface area contributed by atoms with Crippen molar-refractivity contribution >= 4 is 17.8 Å². The van der Waals surface area contributed by atoms with E-state index in [1.165, 1.54) is 7.11 Å². The molecule has 0 saturated carbocycles. The number of nitrogens with zero attached hydrogens (tertiary/aromatic N) is 2. The van der Waals surface area contributed by atoms with Gasteiger partial charge >= 0.3 is 6.03 Å². The topological polar surface area (TPSA) is 103 Å². The number of fused-ring (bicyclic) bond motifs is 1. The first-order valence-electron chi connectivity index (χ1n) is 10.1. The average Bonchev–Trinajstić information content (AvgIpc) is 2.89. The lowest BCUT2D eigenvalue weighted by atomic mass is 10.1. The first kappa shape index (κ1) is 22.4. The highest BCUT2D eigenvalue weighted by molar-refractivity contribution is 5.89. The summed E-state index contributed by atoms with van der Waals surface area (Å²) in [7, 11) is 1.45. The van der Waals surface area contributed by atoms with E-state index < -0.39 is 6.04 Å². The zero-order chi connectivity index (χ0) is 20.8. The van der Waals surface area contributed by atoms with Crippen LogP contribution in [-0.2, 0) is 14.3 Å². The smallest absolute Gasteiger partial charge is 0.315 e. The van der Waals surface area contributed by atoms with E-state index in [1.54, 1.807) is 0 Å². The van der Waals surface area contributed by atoms with E-state index in [0.29, 0.717) is 25.4 Å². The van der Waals surface area contributed by atoms with Crippen LogP contribution in [0.2, 0.25) is 0 Å². The summed E-state index contributed by atoms with van der Waals surface area (Å²) in [5.74, 6) is 0.0624. The highest BCUT2D eigenvalue weighted by Crippen LogP contribution is 2.24. The maximum atomic E-state index is 13.1. The second kappa shape index (κ2) is 10.1. The van der Waals surface area contributed by atoms with Crippen molar-refractivity contribution in [2.45, 2.75) is 58.3 Å². The van der Waals surface area contributed by atoms with Gasteiger partial charge in [0, 0.05) is 45.4 Å². The number of hydrogen-bond donors (Lipinski definition) is 3. The Bertz CT molecular complexity index is 569. The third-order valence-corrected chi connectivity index (χ3v) is 4.89. The largest absolute Gasteiger partial charge is 0.375 e. The third kappa shape index (κ3) is 6.34. The third-order valence-electron chi connectivity index (χ3n) is 4.89. The van der Waals surface area contributed by atoms with E-state index in [-0.39, 0.29) is 42.6 Å². The predicted octanol–water partition coefficient (Wildman–Crippen LogP) is -0.234. The maximum Gasteiger partial charge on any atom is 0.315 e. The van der Waals surface area contributed by atoms with Crippen molar-refractivity contribution in [3.8, 4) is 0 Å². The molecule has 0 aromatic heterocycles. The Hall–Kier alpha value is -1.87. The molecule has 0 unspecified atom stereocenters. The van der Waals surface area contributed by atoms with Gasteiger partial charge in [0.2, 0.25) is 11.8 Å². The van der Waals surface area contributed by atoms with E-state index in [0.717, 1.165) is 13.1 Å². The van der Waals surface area contributed by atoms with E-state index in [2.05, 4.69) is 34.7 Å². The molecule has 9 heteroatoms. The minimum Gasteiger partial charge on any atom is -0.375 e. The van der Waals surface area contributed by atoms with Crippen molar-refractivity contribution in [2.75, 3.05) is 39.9 Å². The van der Waals surface area contributed by atoms with E-state index in [4.69, 9.17) is 4.74 Å². The Morgan fingerprint density at radius 3 is 2.46 bits per heavy atom. The molecule has 2 saturated heterocycles. The molecule has 9 nitrogen and oxygen atoms in total. The van der Waals surface area contributed by atoms with Crippen LogP contribution in [0.15, 0.2) is 0 Å². The Balaban J connectivity index is 2.09. The Morgan fingerprint density at radius 2 is 1.86 bits per heavy atom. The zero-order valence-electron chi connectivity index (χ0n) is 17.7. The average molecular weight is 398 g/mol. The highest BCUT2D eigenvalue weighted by Gasteiger charge is 2.42. The number of rotatable bonds is 7. The van der Waals surface area contributed by atoms with Gasteiger partial charge in [0.25, 0.3) is 0 Å². The fraction of sp³-hybridized carbons (Fsp3) is 0.842. The van der Waals surface area contributed by atoms with Gasteiger partial charge in [0.1, 0.15) is 12.6 Å². The molecular formula is C19H35N5O4. The van der Waals surface area contributed by atoms with Gasteiger partial charge in [0.05, 0.1) is 6.04 Å². The summed E-state index contributed by atoms with van der Waals surface area (Å²) in [5, 5.41) is 8.60. The van der Waals surface area contributed by atoms with Crippen molar-refractivity contribution in [2.24, 2.45) is 5.92 Å². The molecule has 0 aromatic carbocycles. The van der Waals surface area contributed by atoms with Gasteiger partial charge in [-0.25, -0.2) is 4.79 Å². The number of hydrogen-bond acceptors (Lipinski definition) is 5. The van der Waals surface area contributed by atoms with Crippen molar-refractivity contribution in [3.05, 3.63) is 0 Å². The Kier molecular flexibility index (Phi) is 8.06. The first-order chi connectivity index (χ1) is 13.2. The van der Waals surface area contributed by atoms with E-state index in [9.17, 15) is 14.4 Å². The van der Waals surface area contributed by atoms with Crippen molar-refractivity contribution in [3.63, 3.8) is 0 Å². The van der Waals surface area contributed by atoms with Gasteiger partial charge in [0.15, 0.2) is 0 Å². The van der Waals surface area contributed by atoms with Gasteiger partial charge in [-0.3, -0.25) is 14.5 Å². The first-order valence-corrected chi connectivity index (χ1v) is 10.1. The molecule has 0 radical (unpaired) electrons. The summed E-state index contributed by atoms with van der Waals surface area (Å²) >= 11 is 0. The summed E-state index contributed by atoms with van der Waals surface area (Å²) < 4.78 is 4.88. The highest BCUT2D eigenvalue weighted by atomic mass is 16.5. The van der Waals surface area contributed by atoms with E-state index >= 15 is 0 Å². The molecule has 2 aliphatic heterocycles. The zero-order valence-corrected chi connectivity index (χ0v) is 17.7. The number of methoxy groups -OCH3 is 1. The van der Waals surface area contributed by atoms with Gasteiger partial charge < -0.3 is 25.6 Å². The fourth-order valence-corrected chi connectivity index (χ4v) is 4.00. The van der Waals surface area contributed by atoms with Crippen LogP contribution in [0, 0.1) is 5.92 Å². The van der Waals surface area contributed by atoms with Crippen molar-refractivity contribution < 1.29 is 19.1 Å². The molecule has 0 spiro atoms. The van der Waals surface area contributed by atoms with Crippen LogP contribution in [0.5, 0.6) is 0 Å². The molecule has 3 N–H and O–H groups in total. The number of ether oxygens (including phenoxy) is 1. The lowest BCUT2D eigenvalue weighted by Crippen LogP contribution is -2.53. The van der Waals surface area contributed by atoms with Crippen LogP contribution in [0.4, 0.5) is 4.79 Å². The SMILES string of the molecule is COCC(=O)N[C@H]1CN(CC(C)C)C[C@@H]2C[C@H](NC(=O)NC(C)C)CN2C1=O. The molecule has 0 aromatic rings. The molecule has 2 aliphatic rings. The Labute approximate surface area is 167 Å². The molecule has 4 amide bonds. The number of carbonyl (C=O) groups excluding carboxylic acids is 3. The van der Waals surface area contributed by atoms with Gasteiger partial charge in [-0.05, 0) is 26.2 Å². The molecule has 0 bridgehead atoms. The van der Waals surface area contributed by atoms with Gasteiger partial charge in [-0.1, -0.05) is 13.8 Å². The van der Waals surface area contributed by atoms with Crippen LogP contribution in [0.3, 0.4) is 0 Å². The second-order valence-electron chi connectivity index (χ2n) is 8.52. The molecule has 3 atom stereocenters. The quantitative estimate of drug-likeness (QED) is 0.551. The van der Waals surface area contributed by atoms with Crippen molar-refractivity contribution in [1.82, 2.24) is 25.8 Å². The standard InChI is InChI=1S/C19H35N5O4/c1-12(2)7-23-9-15-6-14(21-19(27)20-13(3)4)8-24(15)18(26)16(10-23)22-17(25)11-28-5/h12-16H,6-11H2,1-5H3,(H,22,25)(H2,20,21,27)/t14-,15-,16-/m0/s1. The molecule has 0 aliphatic carbocycles. The number of carbonyl (C=O) groups is 3. The minimum atomic E-state index is -0.602. The van der Waals surface area contributed by atoms with Crippen LogP contribution in [-0.4, -0.2) is 91.7 Å². The lowest BCUT2D eigenvalue weighted by molar-refractivity contribution is -0.137. The summed E-state index contributed by atoms with van der Waals surface area (Å²) in [4.78, 5) is 41.2. The summed E-state index contributed by atoms with van der Waals surface area (Å²) in [6.07, 6.45) is 0.713. The lowest BCUT2D eigenvalue weighted by Gasteiger charge is -2.26. The molecule has 2 rings (SSSR count). The van der Waals surface area contributed by atoms with Crippen LogP contribution >= 0.6 is 0 Å². The fourth-order valence-electron chi connectivity index (χ4n) is 4.00. The number of urea groups is 1. The molecule has 28 heavy (non-hydrogen) atoms.